The van der Waals surface area contributed by atoms with Gasteiger partial charge in [-0.1, -0.05) is 38.6 Å². The first kappa shape index (κ1) is 29.3. The number of ether oxygens (including phenoxy) is 2. The summed E-state index contributed by atoms with van der Waals surface area (Å²) >= 11 is 0. The third-order valence-corrected chi connectivity index (χ3v) is 7.01. The molecular weight excluding hydrogens is 520 g/mol. The number of nitrogens with one attached hydrogen (secondary N) is 1. The Morgan fingerprint density at radius 1 is 1.34 bits per heavy atom. The van der Waals surface area contributed by atoms with E-state index in [1.165, 1.54) is 31.3 Å². The van der Waals surface area contributed by atoms with Crippen LogP contribution in [0.2, 0.25) is 0 Å². The van der Waals surface area contributed by atoms with E-state index in [1.807, 2.05) is 0 Å². The van der Waals surface area contributed by atoms with Crippen molar-refractivity contribution in [1.29, 1.82) is 0 Å². The average molecular weight is 551 g/mol. The first-order valence-electron chi connectivity index (χ1n) is 11.8. The zero-order valence-electron chi connectivity index (χ0n) is 21.5. The molecule has 2 aromatic rings. The Labute approximate surface area is 218 Å². The number of aromatic nitrogens is 2. The molecular formula is C25H30FN3O8P-. The summed E-state index contributed by atoms with van der Waals surface area (Å²) in [6.45, 7) is 8.83. The number of carbonyl (C=O) groups excluding carboxylic acids is 1. The zero-order valence-corrected chi connectivity index (χ0v) is 22.4. The minimum absolute atomic E-state index is 0.112. The zero-order chi connectivity index (χ0) is 28.1. The van der Waals surface area contributed by atoms with E-state index >= 15 is 4.39 Å². The van der Waals surface area contributed by atoms with Crippen molar-refractivity contribution in [1.82, 2.24) is 9.55 Å². The fourth-order valence-corrected chi connectivity index (χ4v) is 5.35. The van der Waals surface area contributed by atoms with Gasteiger partial charge < -0.3 is 23.6 Å². The molecule has 38 heavy (non-hydrogen) atoms. The Kier molecular flexibility index (Phi) is 8.97. The molecule has 5 atom stereocenters. The maximum atomic E-state index is 16.1. The summed E-state index contributed by atoms with van der Waals surface area (Å²) in [6, 6.07) is 7.76. The fourth-order valence-electron chi connectivity index (χ4n) is 3.93. The number of aromatic amines is 1. The van der Waals surface area contributed by atoms with Crippen molar-refractivity contribution in [3.63, 3.8) is 0 Å². The van der Waals surface area contributed by atoms with Gasteiger partial charge in [-0.05, 0) is 38.1 Å². The third-order valence-electron chi connectivity index (χ3n) is 5.48. The van der Waals surface area contributed by atoms with E-state index in [9.17, 15) is 18.9 Å². The molecule has 0 saturated carbocycles. The number of H-pyrrole nitrogens is 1. The average Bonchev–Trinajstić information content (AvgIpc) is 3.09. The van der Waals surface area contributed by atoms with Crippen molar-refractivity contribution in [2.45, 2.75) is 58.3 Å². The topological polar surface area (TPSA) is 140 Å². The van der Waals surface area contributed by atoms with Crippen LogP contribution in [0.15, 0.2) is 70.6 Å². The van der Waals surface area contributed by atoms with Gasteiger partial charge in [-0.3, -0.25) is 23.7 Å². The van der Waals surface area contributed by atoms with E-state index in [-0.39, 0.29) is 12.2 Å². The van der Waals surface area contributed by atoms with Crippen LogP contribution in [0.4, 0.5) is 4.39 Å². The second-order valence-electron chi connectivity index (χ2n) is 9.33. The molecule has 1 aromatic carbocycles. The lowest BCUT2D eigenvalue weighted by atomic mass is 9.84. The summed E-state index contributed by atoms with van der Waals surface area (Å²) in [5.74, 6) is -3.25. The molecule has 11 nitrogen and oxygen atoms in total. The van der Waals surface area contributed by atoms with E-state index in [4.69, 9.17) is 18.5 Å². The highest BCUT2D eigenvalue weighted by atomic mass is 31.2. The molecule has 1 N–H and O–H groups in total. The molecule has 0 amide bonds. The fraction of sp³-hybridized carbons (Fsp3) is 0.440. The van der Waals surface area contributed by atoms with Crippen LogP contribution in [0.3, 0.4) is 0 Å². The summed E-state index contributed by atoms with van der Waals surface area (Å²) in [7, 11) is -4.50. The number of rotatable bonds is 11. The second kappa shape index (κ2) is 11.6. The molecule has 0 radical (unpaired) electrons. The lowest BCUT2D eigenvalue weighted by molar-refractivity contribution is -0.176. The molecule has 3 rings (SSSR count). The van der Waals surface area contributed by atoms with Crippen LogP contribution >= 0.6 is 7.75 Å². The molecule has 1 aliphatic heterocycles. The third kappa shape index (κ3) is 7.18. The van der Waals surface area contributed by atoms with Crippen LogP contribution in [0.5, 0.6) is 5.75 Å². The Morgan fingerprint density at radius 3 is 2.63 bits per heavy atom. The number of nitrogens with zero attached hydrogens (tertiary/aromatic N) is 2. The number of benzene rings is 1. The van der Waals surface area contributed by atoms with E-state index < -0.39 is 61.2 Å². The van der Waals surface area contributed by atoms with Gasteiger partial charge in [0.15, 0.2) is 6.23 Å². The summed E-state index contributed by atoms with van der Waals surface area (Å²) in [5.41, 5.74) is -0.0417. The lowest BCUT2D eigenvalue weighted by Gasteiger charge is -2.36. The first-order chi connectivity index (χ1) is 17.8. The van der Waals surface area contributed by atoms with E-state index in [0.717, 1.165) is 10.6 Å². The van der Waals surface area contributed by atoms with Crippen molar-refractivity contribution in [2.24, 2.45) is 5.41 Å². The molecule has 1 saturated heterocycles. The van der Waals surface area contributed by atoms with Crippen LogP contribution in [-0.4, -0.2) is 40.1 Å². The number of alkyl halides is 1. The summed E-state index contributed by atoms with van der Waals surface area (Å²) in [6.07, 6.45) is 0.565. The predicted molar refractivity (Wildman–Crippen MR) is 136 cm³/mol. The molecule has 0 bridgehead atoms. The van der Waals surface area contributed by atoms with E-state index in [1.54, 1.807) is 39.0 Å². The van der Waals surface area contributed by atoms with Gasteiger partial charge in [-0.25, -0.2) is 9.18 Å². The molecule has 13 heteroatoms. The van der Waals surface area contributed by atoms with Gasteiger partial charge in [0.1, 0.15) is 12.4 Å². The maximum Gasteiger partial charge on any atom is 0.330 e. The number of hydrogen-bond acceptors (Lipinski definition) is 8. The summed E-state index contributed by atoms with van der Waals surface area (Å²) in [5, 5.41) is 3.91. The van der Waals surface area contributed by atoms with Crippen molar-refractivity contribution in [3.8, 4) is 5.75 Å². The Balaban J connectivity index is 1.87. The van der Waals surface area contributed by atoms with Crippen LogP contribution < -0.4 is 15.8 Å². The van der Waals surface area contributed by atoms with Crippen molar-refractivity contribution in [3.05, 3.63) is 86.9 Å². The highest BCUT2D eigenvalue weighted by molar-refractivity contribution is 7.57. The van der Waals surface area contributed by atoms with Gasteiger partial charge in [0.2, 0.25) is 5.85 Å². The number of hydrogen-bond donors (Lipinski definition) is 1. The highest BCUT2D eigenvalue weighted by Crippen LogP contribution is 2.58. The number of para-hydroxylation sites is 1. The molecule has 1 aliphatic rings. The van der Waals surface area contributed by atoms with Gasteiger partial charge in [-0.15, -0.1) is 5.73 Å². The summed E-state index contributed by atoms with van der Waals surface area (Å²) in [4.78, 5) is 38.3. The number of esters is 1. The molecule has 1 fully saturated rings. The molecule has 1 aromatic heterocycles. The van der Waals surface area contributed by atoms with Crippen LogP contribution in [-0.2, 0) is 23.4 Å². The SMILES string of the molecule is C=C=C[C@@]1(C)C[C@@](F)(CO[P@@](=O)([N-][C@@H](C)C(=O)OC(C)C)Oc2ccccc2)O[C@H]1n1ccc(=O)[nH]c1=O. The van der Waals surface area contributed by atoms with Gasteiger partial charge in [0.05, 0.1) is 6.10 Å². The molecule has 0 unspecified atom stereocenters. The quantitative estimate of drug-likeness (QED) is 0.247. The number of carbonyl (C=O) groups is 1. The maximum absolute atomic E-state index is 16.1. The molecule has 2 heterocycles. The van der Waals surface area contributed by atoms with Gasteiger partial charge in [-0.2, -0.15) is 0 Å². The lowest BCUT2D eigenvalue weighted by Crippen LogP contribution is -2.36. The highest BCUT2D eigenvalue weighted by Gasteiger charge is 2.55. The van der Waals surface area contributed by atoms with Gasteiger partial charge >= 0.3 is 5.69 Å². The smallest absolute Gasteiger partial charge is 0.330 e. The van der Waals surface area contributed by atoms with E-state index in [0.29, 0.717) is 0 Å². The predicted octanol–water partition coefficient (Wildman–Crippen LogP) is 4.39. The normalized spacial score (nSPS) is 25.3. The molecule has 206 valence electrons. The van der Waals surface area contributed by atoms with Crippen LogP contribution in [0.1, 0.15) is 40.3 Å². The van der Waals surface area contributed by atoms with Crippen LogP contribution in [0, 0.1) is 5.41 Å². The van der Waals surface area contributed by atoms with Crippen molar-refractivity contribution < 1.29 is 32.3 Å². The van der Waals surface area contributed by atoms with Gasteiger partial charge in [0.25, 0.3) is 19.3 Å². The summed E-state index contributed by atoms with van der Waals surface area (Å²) < 4.78 is 52.4. The molecule has 0 aliphatic carbocycles. The Hall–Kier alpha value is -3.27. The second-order valence-corrected chi connectivity index (χ2v) is 10.9. The number of halogens is 1. The first-order valence-corrected chi connectivity index (χ1v) is 13.2. The Bertz CT molecular complexity index is 1360. The van der Waals surface area contributed by atoms with E-state index in [2.05, 4.69) is 22.4 Å². The minimum atomic E-state index is -4.50. The van der Waals surface area contributed by atoms with Crippen LogP contribution in [0.25, 0.3) is 5.09 Å². The van der Waals surface area contributed by atoms with Crippen molar-refractivity contribution in [2.75, 3.05) is 6.61 Å². The Morgan fingerprint density at radius 2 is 2.03 bits per heavy atom. The van der Waals surface area contributed by atoms with Gasteiger partial charge in [0, 0.05) is 24.1 Å². The monoisotopic (exact) mass is 550 g/mol. The standard InChI is InChI=1S/C25H31FN3O8P/c1-6-13-24(5)15-25(26,36-22(24)29-14-12-20(30)27-23(29)32)16-34-38(33,37-19-10-8-7-9-11-19)28-18(4)21(31)35-17(2)3/h7-14,17-18,22H,1,15-16H2,2-5H3,(H2,27,28,30,32,33)/p-1/t18-,22+,24-,25-,38-/m0/s1. The minimum Gasteiger partial charge on any atom is -0.533 e. The molecule has 0 spiro atoms. The largest absolute Gasteiger partial charge is 0.533 e. The van der Waals surface area contributed by atoms with Crippen molar-refractivity contribution >= 4 is 13.7 Å².